The largest absolute Gasteiger partial charge is 0.325 e. The number of ketones is 1. The van der Waals surface area contributed by atoms with E-state index in [0.717, 1.165) is 6.92 Å². The van der Waals surface area contributed by atoms with Crippen LogP contribution in [0.1, 0.15) is 13.3 Å². The Balaban J connectivity index is 3.02. The minimum atomic E-state index is -5.15. The van der Waals surface area contributed by atoms with Crippen LogP contribution >= 0.6 is 0 Å². The van der Waals surface area contributed by atoms with Crippen LogP contribution in [0, 0.1) is 0 Å². The minimum absolute atomic E-state index is 0.390. The highest BCUT2D eigenvalue weighted by Gasteiger charge is 2.25. The maximum absolute atomic E-state index is 11.9. The first kappa shape index (κ1) is 22.9. The molecule has 1 amide bonds. The average Bonchev–Trinajstić information content (AvgIpc) is 2.49. The van der Waals surface area contributed by atoms with Gasteiger partial charge in [0.15, 0.2) is 0 Å². The number of carbonyl (C=O) groups excluding carboxylic acids is 2. The van der Waals surface area contributed by atoms with E-state index < -0.39 is 79.6 Å². The molecule has 12 nitrogen and oxygen atoms in total. The lowest BCUT2D eigenvalue weighted by atomic mass is 10.1. The number of Topliss-reactive ketones (excluding diaryl/α,β-unsaturated/α-hetero) is 1. The van der Waals surface area contributed by atoms with Crippen molar-refractivity contribution in [3.05, 3.63) is 24.3 Å². The molecule has 0 aliphatic carbocycles. The predicted molar refractivity (Wildman–Crippen MR) is 97.3 cm³/mol. The van der Waals surface area contributed by atoms with Crippen LogP contribution < -0.4 is 5.32 Å². The van der Waals surface area contributed by atoms with Crippen LogP contribution in [-0.2, 0) is 39.9 Å². The van der Waals surface area contributed by atoms with Gasteiger partial charge in [-0.05, 0) is 36.6 Å². The van der Waals surface area contributed by atoms with E-state index in [1.165, 1.54) is 0 Å². The van der Waals surface area contributed by atoms with Gasteiger partial charge in [-0.25, -0.2) is 0 Å². The lowest BCUT2D eigenvalue weighted by Crippen LogP contribution is -2.16. The lowest BCUT2D eigenvalue weighted by Gasteiger charge is -2.14. The van der Waals surface area contributed by atoms with Gasteiger partial charge in [0.1, 0.15) is 10.7 Å². The highest BCUT2D eigenvalue weighted by Crippen LogP contribution is 2.35. The second kappa shape index (κ2) is 7.43. The first-order valence-corrected chi connectivity index (χ1v) is 11.7. The van der Waals surface area contributed by atoms with Gasteiger partial charge in [-0.1, -0.05) is 0 Å². The monoisotopic (exact) mass is 467 g/mol. The van der Waals surface area contributed by atoms with Crippen molar-refractivity contribution in [1.82, 2.24) is 0 Å². The van der Waals surface area contributed by atoms with Gasteiger partial charge in [0.25, 0.3) is 30.4 Å². The Morgan fingerprint density at radius 3 is 1.72 bits per heavy atom. The van der Waals surface area contributed by atoms with Crippen molar-refractivity contribution in [3.63, 3.8) is 0 Å². The summed E-state index contributed by atoms with van der Waals surface area (Å²) in [7, 11) is -15.1. The highest BCUT2D eigenvalue weighted by atomic mass is 32.2. The van der Waals surface area contributed by atoms with Crippen molar-refractivity contribution >= 4 is 58.5 Å². The third-order valence-electron chi connectivity index (χ3n) is 3.52. The molecule has 0 saturated heterocycles. The molecule has 0 aliphatic heterocycles. The van der Waals surface area contributed by atoms with Crippen molar-refractivity contribution < 1.29 is 48.5 Å². The smallest absolute Gasteiger partial charge is 0.295 e. The Labute approximate surface area is 164 Å². The van der Waals surface area contributed by atoms with Crippen LogP contribution in [-0.4, -0.2) is 50.6 Å². The highest BCUT2D eigenvalue weighted by molar-refractivity contribution is 7.87. The molecule has 0 unspecified atom stereocenters. The average molecular weight is 467 g/mol. The fourth-order valence-corrected chi connectivity index (χ4v) is 4.36. The van der Waals surface area contributed by atoms with Crippen LogP contribution in [0.5, 0.6) is 0 Å². The summed E-state index contributed by atoms with van der Waals surface area (Å²) < 4.78 is 97.4. The molecule has 0 fully saturated rings. The molecule has 0 aliphatic rings. The number of nitrogens with one attached hydrogen (secondary N) is 1. The van der Waals surface area contributed by atoms with E-state index in [9.17, 15) is 48.5 Å². The molecule has 4 N–H and O–H groups in total. The van der Waals surface area contributed by atoms with Crippen LogP contribution in [0.25, 0.3) is 10.8 Å². The molecule has 2 aromatic carbocycles. The fourth-order valence-electron chi connectivity index (χ4n) is 2.44. The molecule has 0 saturated carbocycles. The van der Waals surface area contributed by atoms with E-state index in [-0.39, 0.29) is 0 Å². The van der Waals surface area contributed by atoms with E-state index in [1.807, 2.05) is 0 Å². The summed E-state index contributed by atoms with van der Waals surface area (Å²) in [6, 6.07) is 2.36. The molecule has 0 aromatic heterocycles. The van der Waals surface area contributed by atoms with Crippen molar-refractivity contribution in [3.8, 4) is 0 Å². The summed E-state index contributed by atoms with van der Waals surface area (Å²) in [5, 5.41) is 1.07. The van der Waals surface area contributed by atoms with Gasteiger partial charge in [0, 0.05) is 5.39 Å². The van der Waals surface area contributed by atoms with E-state index in [1.54, 1.807) is 0 Å². The van der Waals surface area contributed by atoms with Crippen LogP contribution in [0.2, 0.25) is 0 Å². The number of amides is 1. The standard InChI is InChI=1S/C14H13NO11S3/c1-7(16)2-13(17)15-11-5-9(27(18,19)20)3-8-4-10(28(21,22)23)6-12(14(8)11)29(24,25)26/h3-6H,2H2,1H3,(H,15,17)(H,18,19,20)(H,21,22,23)(H,24,25,26). The maximum atomic E-state index is 11.9. The van der Waals surface area contributed by atoms with E-state index in [0.29, 0.717) is 24.3 Å². The van der Waals surface area contributed by atoms with Gasteiger partial charge in [-0.15, -0.1) is 0 Å². The Morgan fingerprint density at radius 2 is 1.31 bits per heavy atom. The second-order valence-corrected chi connectivity index (χ2v) is 10.1. The van der Waals surface area contributed by atoms with Gasteiger partial charge in [-0.3, -0.25) is 23.2 Å². The summed E-state index contributed by atoms with van der Waals surface area (Å²) in [5.41, 5.74) is -0.559. The topological polar surface area (TPSA) is 209 Å². The first-order chi connectivity index (χ1) is 13.0. The SMILES string of the molecule is CC(=O)CC(=O)Nc1cc(S(=O)(=O)O)cc2cc(S(=O)(=O)O)cc(S(=O)(=O)O)c12. The Kier molecular flexibility index (Phi) is 5.86. The van der Waals surface area contributed by atoms with Gasteiger partial charge in [0.05, 0.1) is 21.9 Å². The van der Waals surface area contributed by atoms with Crippen molar-refractivity contribution in [2.75, 3.05) is 5.32 Å². The summed E-state index contributed by atoms with van der Waals surface area (Å²) in [6.45, 7) is 1.08. The zero-order chi connectivity index (χ0) is 22.4. The molecule has 0 radical (unpaired) electrons. The zero-order valence-electron chi connectivity index (χ0n) is 14.3. The number of anilines is 1. The number of benzene rings is 2. The molecule has 0 spiro atoms. The molecule has 2 rings (SSSR count). The van der Waals surface area contributed by atoms with E-state index >= 15 is 0 Å². The molecule has 0 bridgehead atoms. The first-order valence-electron chi connectivity index (χ1n) is 7.33. The third-order valence-corrected chi connectivity index (χ3v) is 6.06. The van der Waals surface area contributed by atoms with Crippen molar-refractivity contribution in [2.24, 2.45) is 0 Å². The van der Waals surface area contributed by atoms with Gasteiger partial charge in [-0.2, -0.15) is 25.3 Å². The molecule has 0 atom stereocenters. The zero-order valence-corrected chi connectivity index (χ0v) is 16.8. The number of hydrogen-bond donors (Lipinski definition) is 4. The lowest BCUT2D eigenvalue weighted by molar-refractivity contribution is -0.124. The van der Waals surface area contributed by atoms with E-state index in [4.69, 9.17) is 0 Å². The van der Waals surface area contributed by atoms with Crippen LogP contribution in [0.3, 0.4) is 0 Å². The summed E-state index contributed by atoms with van der Waals surface area (Å²) in [6.07, 6.45) is -0.665. The molecule has 29 heavy (non-hydrogen) atoms. The second-order valence-electron chi connectivity index (χ2n) is 5.84. The predicted octanol–water partition coefficient (Wildman–Crippen LogP) is 0.498. The van der Waals surface area contributed by atoms with Gasteiger partial charge in [0.2, 0.25) is 5.91 Å². The number of carbonyl (C=O) groups is 2. The number of fused-ring (bicyclic) bond motifs is 1. The normalized spacial score (nSPS) is 12.7. The maximum Gasteiger partial charge on any atom is 0.295 e. The quantitative estimate of drug-likeness (QED) is 0.339. The minimum Gasteiger partial charge on any atom is -0.325 e. The number of hydrogen-bond acceptors (Lipinski definition) is 8. The van der Waals surface area contributed by atoms with Crippen LogP contribution in [0.15, 0.2) is 39.0 Å². The number of rotatable bonds is 6. The third kappa shape index (κ3) is 5.34. The van der Waals surface area contributed by atoms with Gasteiger partial charge < -0.3 is 5.32 Å². The van der Waals surface area contributed by atoms with Crippen molar-refractivity contribution in [2.45, 2.75) is 28.0 Å². The van der Waals surface area contributed by atoms with Crippen molar-refractivity contribution in [1.29, 1.82) is 0 Å². The van der Waals surface area contributed by atoms with E-state index in [2.05, 4.69) is 5.32 Å². The Bertz CT molecular complexity index is 1350. The molecule has 2 aromatic rings. The summed E-state index contributed by atoms with van der Waals surface area (Å²) in [4.78, 5) is 20.1. The molecule has 158 valence electrons. The molecule has 15 heteroatoms. The molecular weight excluding hydrogens is 454 g/mol. The van der Waals surface area contributed by atoms with Gasteiger partial charge >= 0.3 is 0 Å². The Hall–Kier alpha value is -2.43. The fraction of sp³-hybridized carbons (Fsp3) is 0.143. The summed E-state index contributed by atoms with van der Waals surface area (Å²) >= 11 is 0. The Morgan fingerprint density at radius 1 is 0.828 bits per heavy atom. The van der Waals surface area contributed by atoms with Crippen LogP contribution in [0.4, 0.5) is 5.69 Å². The summed E-state index contributed by atoms with van der Waals surface area (Å²) in [5.74, 6) is -1.56. The molecule has 0 heterocycles. The molecular formula is C14H13NO11S3.